The number of aryl methyl sites for hydroxylation is 2. The van der Waals surface area contributed by atoms with Gasteiger partial charge in [0.15, 0.2) is 23.1 Å². The van der Waals surface area contributed by atoms with E-state index in [0.29, 0.717) is 24.7 Å². The fourth-order valence-corrected chi connectivity index (χ4v) is 3.80. The van der Waals surface area contributed by atoms with Gasteiger partial charge in [-0.05, 0) is 42.3 Å². The quantitative estimate of drug-likeness (QED) is 0.347. The minimum atomic E-state index is -4.63. The summed E-state index contributed by atoms with van der Waals surface area (Å²) in [6.45, 7) is 0. The van der Waals surface area contributed by atoms with E-state index < -0.39 is 17.6 Å². The van der Waals surface area contributed by atoms with E-state index in [1.165, 1.54) is 24.8 Å². The molecule has 4 aromatic rings. The molecule has 0 radical (unpaired) electrons. The molecule has 4 rings (SSSR count). The van der Waals surface area contributed by atoms with Gasteiger partial charge in [0.25, 0.3) is 0 Å². The Balaban J connectivity index is 1.49. The summed E-state index contributed by atoms with van der Waals surface area (Å²) in [5, 5.41) is 0.918. The van der Waals surface area contributed by atoms with Gasteiger partial charge < -0.3 is 9.47 Å². The van der Waals surface area contributed by atoms with Gasteiger partial charge in [-0.25, -0.2) is 19.3 Å². The molecule has 5 nitrogen and oxygen atoms in total. The Kier molecular flexibility index (Phi) is 5.73. The zero-order valence-corrected chi connectivity index (χ0v) is 16.9. The van der Waals surface area contributed by atoms with Crippen LogP contribution in [0.5, 0.6) is 17.2 Å². The van der Waals surface area contributed by atoms with Crippen molar-refractivity contribution < 1.29 is 27.0 Å². The van der Waals surface area contributed by atoms with Crippen LogP contribution >= 0.6 is 11.3 Å². The van der Waals surface area contributed by atoms with Gasteiger partial charge in [0.1, 0.15) is 16.7 Å². The van der Waals surface area contributed by atoms with E-state index >= 15 is 0 Å². The molecule has 0 aliphatic carbocycles. The first-order valence-electron chi connectivity index (χ1n) is 9.10. The minimum Gasteiger partial charge on any atom is -0.493 e. The lowest BCUT2D eigenvalue weighted by Gasteiger charge is -2.13. The van der Waals surface area contributed by atoms with Gasteiger partial charge in [-0.2, -0.15) is 13.2 Å². The summed E-state index contributed by atoms with van der Waals surface area (Å²) in [4.78, 5) is 13.4. The molecule has 160 valence electrons. The molecule has 2 heterocycles. The Morgan fingerprint density at radius 3 is 2.52 bits per heavy atom. The van der Waals surface area contributed by atoms with Crippen molar-refractivity contribution in [2.75, 3.05) is 7.11 Å². The van der Waals surface area contributed by atoms with E-state index in [4.69, 9.17) is 9.47 Å². The van der Waals surface area contributed by atoms with Crippen LogP contribution in [0.1, 0.15) is 16.1 Å². The van der Waals surface area contributed by atoms with Crippen molar-refractivity contribution in [3.8, 4) is 17.2 Å². The molecule has 0 aliphatic rings. The van der Waals surface area contributed by atoms with Crippen molar-refractivity contribution in [2.45, 2.75) is 19.0 Å². The molecule has 0 aliphatic heterocycles. The lowest BCUT2D eigenvalue weighted by Crippen LogP contribution is -2.05. The van der Waals surface area contributed by atoms with Crippen LogP contribution in [0.15, 0.2) is 48.9 Å². The van der Waals surface area contributed by atoms with Gasteiger partial charge in [-0.3, -0.25) is 0 Å². The summed E-state index contributed by atoms with van der Waals surface area (Å²) >= 11 is 1.50. The minimum absolute atomic E-state index is 0.195. The van der Waals surface area contributed by atoms with Crippen LogP contribution in [0.4, 0.5) is 17.6 Å². The Morgan fingerprint density at radius 1 is 1.00 bits per heavy atom. The van der Waals surface area contributed by atoms with Crippen molar-refractivity contribution in [1.82, 2.24) is 15.0 Å². The third-order valence-electron chi connectivity index (χ3n) is 4.45. The number of rotatable bonds is 6. The lowest BCUT2D eigenvalue weighted by atomic mass is 10.1. The van der Waals surface area contributed by atoms with Crippen LogP contribution < -0.4 is 9.47 Å². The molecule has 31 heavy (non-hydrogen) atoms. The number of benzene rings is 2. The Hall–Kier alpha value is -3.27. The normalized spacial score (nSPS) is 11.6. The number of hydrogen-bond acceptors (Lipinski definition) is 6. The van der Waals surface area contributed by atoms with Crippen LogP contribution in [0.3, 0.4) is 0 Å². The van der Waals surface area contributed by atoms with Crippen LogP contribution in [0, 0.1) is 5.82 Å². The SMILES string of the molecule is COc1cc(CCc2nc3cncnc3s2)ccc1Oc1ccc(C(F)(F)F)cc1F. The van der Waals surface area contributed by atoms with Gasteiger partial charge >= 0.3 is 6.18 Å². The smallest absolute Gasteiger partial charge is 0.416 e. The maximum Gasteiger partial charge on any atom is 0.416 e. The number of hydrogen-bond donors (Lipinski definition) is 0. The number of aromatic nitrogens is 3. The predicted molar refractivity (Wildman–Crippen MR) is 107 cm³/mol. The fraction of sp³-hybridized carbons (Fsp3) is 0.190. The van der Waals surface area contributed by atoms with E-state index in [9.17, 15) is 17.6 Å². The van der Waals surface area contributed by atoms with Gasteiger partial charge in [0.2, 0.25) is 0 Å². The zero-order chi connectivity index (χ0) is 22.0. The van der Waals surface area contributed by atoms with E-state index in [1.54, 1.807) is 24.4 Å². The number of alkyl halides is 3. The fourth-order valence-electron chi connectivity index (χ4n) is 2.92. The maximum absolute atomic E-state index is 14.1. The molecule has 0 bridgehead atoms. The second-order valence-corrected chi connectivity index (χ2v) is 7.61. The first kappa shape index (κ1) is 21.0. The summed E-state index contributed by atoms with van der Waals surface area (Å²) in [6.07, 6.45) is -0.143. The van der Waals surface area contributed by atoms with Crippen molar-refractivity contribution in [3.63, 3.8) is 0 Å². The Labute approximate surface area is 178 Å². The van der Waals surface area contributed by atoms with E-state index in [2.05, 4.69) is 15.0 Å². The Morgan fingerprint density at radius 2 is 1.81 bits per heavy atom. The second-order valence-electron chi connectivity index (χ2n) is 6.55. The lowest BCUT2D eigenvalue weighted by molar-refractivity contribution is -0.137. The second kappa shape index (κ2) is 8.46. The highest BCUT2D eigenvalue weighted by Gasteiger charge is 2.31. The average molecular weight is 449 g/mol. The van der Waals surface area contributed by atoms with Crippen LogP contribution in [-0.4, -0.2) is 22.1 Å². The summed E-state index contributed by atoms with van der Waals surface area (Å²) in [7, 11) is 1.43. The van der Waals surface area contributed by atoms with Gasteiger partial charge in [-0.1, -0.05) is 17.4 Å². The molecular weight excluding hydrogens is 434 g/mol. The summed E-state index contributed by atoms with van der Waals surface area (Å²) in [5.74, 6) is -0.901. The molecule has 0 fully saturated rings. The predicted octanol–water partition coefficient (Wildman–Crippen LogP) is 5.83. The topological polar surface area (TPSA) is 57.1 Å². The number of halogens is 4. The largest absolute Gasteiger partial charge is 0.493 e. The molecule has 0 unspecified atom stereocenters. The van der Waals surface area contributed by atoms with Gasteiger partial charge in [0.05, 0.1) is 23.9 Å². The summed E-state index contributed by atoms with van der Waals surface area (Å²) in [5.41, 5.74) is 0.602. The first-order chi connectivity index (χ1) is 14.8. The number of thiazole rings is 1. The highest BCUT2D eigenvalue weighted by molar-refractivity contribution is 7.18. The highest BCUT2D eigenvalue weighted by atomic mass is 32.1. The van der Waals surface area contributed by atoms with Crippen molar-refractivity contribution in [3.05, 3.63) is 70.9 Å². The summed E-state index contributed by atoms with van der Waals surface area (Å²) in [6, 6.07) is 7.23. The van der Waals surface area contributed by atoms with Gasteiger partial charge in [0, 0.05) is 6.42 Å². The summed E-state index contributed by atoms with van der Waals surface area (Å²) < 4.78 is 63.0. The maximum atomic E-state index is 14.1. The van der Waals surface area contributed by atoms with Crippen LogP contribution in [-0.2, 0) is 19.0 Å². The Bertz CT molecular complexity index is 1190. The van der Waals surface area contributed by atoms with Gasteiger partial charge in [-0.15, -0.1) is 0 Å². The number of methoxy groups -OCH3 is 1. The molecule has 0 amide bonds. The van der Waals surface area contributed by atoms with Crippen molar-refractivity contribution in [2.24, 2.45) is 0 Å². The molecule has 0 N–H and O–H groups in total. The third kappa shape index (κ3) is 4.74. The molecular formula is C21H15F4N3O2S. The molecule has 10 heteroatoms. The molecule has 2 aromatic carbocycles. The molecule has 2 aromatic heterocycles. The number of fused-ring (bicyclic) bond motifs is 1. The first-order valence-corrected chi connectivity index (χ1v) is 9.92. The molecule has 0 spiro atoms. The van der Waals surface area contributed by atoms with E-state index in [-0.39, 0.29) is 11.5 Å². The number of nitrogens with zero attached hydrogens (tertiary/aromatic N) is 3. The number of ether oxygens (including phenoxy) is 2. The van der Waals surface area contributed by atoms with Crippen molar-refractivity contribution >= 4 is 21.7 Å². The third-order valence-corrected chi connectivity index (χ3v) is 5.49. The average Bonchev–Trinajstić information content (AvgIpc) is 3.16. The highest BCUT2D eigenvalue weighted by Crippen LogP contribution is 2.36. The molecule has 0 saturated carbocycles. The standard InChI is InChI=1S/C21H15F4N3O2S/c1-29-18-8-12(3-7-19-28-15-10-26-11-27-20(15)31-19)2-5-17(18)30-16-6-4-13(9-14(16)22)21(23,24)25/h2,4-6,8-11H,3,7H2,1H3. The van der Waals surface area contributed by atoms with E-state index in [1.807, 2.05) is 0 Å². The molecule has 0 saturated heterocycles. The molecule has 0 atom stereocenters. The van der Waals surface area contributed by atoms with Crippen LogP contribution in [0.25, 0.3) is 10.3 Å². The monoisotopic (exact) mass is 449 g/mol. The van der Waals surface area contributed by atoms with E-state index in [0.717, 1.165) is 33.1 Å². The zero-order valence-electron chi connectivity index (χ0n) is 16.1. The van der Waals surface area contributed by atoms with Crippen molar-refractivity contribution in [1.29, 1.82) is 0 Å². The van der Waals surface area contributed by atoms with Crippen LogP contribution in [0.2, 0.25) is 0 Å².